The standard InChI is InChI=1S/C15H20N2O4/c1-21-13-8-7-11(9-13)16-15(20)17(10-14(18)19)12-5-3-2-4-6-12/h2-6,11,13H,7-10H2,1H3,(H,16,20)(H,18,19). The second-order valence-electron chi connectivity index (χ2n) is 5.13. The number of carboxylic acids is 1. The third-order valence-corrected chi connectivity index (χ3v) is 3.65. The lowest BCUT2D eigenvalue weighted by Crippen LogP contribution is -2.46. The molecule has 0 radical (unpaired) electrons. The fourth-order valence-electron chi connectivity index (χ4n) is 2.56. The van der Waals surface area contributed by atoms with Gasteiger partial charge >= 0.3 is 12.0 Å². The van der Waals surface area contributed by atoms with Crippen molar-refractivity contribution >= 4 is 17.7 Å². The van der Waals surface area contributed by atoms with Crippen LogP contribution in [-0.4, -0.2) is 42.9 Å². The summed E-state index contributed by atoms with van der Waals surface area (Å²) in [6.45, 7) is -0.365. The monoisotopic (exact) mass is 292 g/mol. The number of amides is 2. The molecule has 1 aliphatic rings. The molecule has 0 aromatic heterocycles. The Morgan fingerprint density at radius 2 is 2.05 bits per heavy atom. The largest absolute Gasteiger partial charge is 0.480 e. The van der Waals surface area contributed by atoms with E-state index in [0.29, 0.717) is 5.69 Å². The molecule has 1 fully saturated rings. The number of ether oxygens (including phenoxy) is 1. The molecule has 0 saturated heterocycles. The molecule has 0 bridgehead atoms. The van der Waals surface area contributed by atoms with Gasteiger partial charge in [0.2, 0.25) is 0 Å². The second kappa shape index (κ2) is 7.08. The van der Waals surface area contributed by atoms with Gasteiger partial charge < -0.3 is 15.2 Å². The lowest BCUT2D eigenvalue weighted by Gasteiger charge is -2.23. The molecular formula is C15H20N2O4. The first-order valence-electron chi connectivity index (χ1n) is 6.98. The summed E-state index contributed by atoms with van der Waals surface area (Å²) in [6, 6.07) is 8.44. The molecule has 2 amide bonds. The number of carboxylic acid groups (broad SMARTS) is 1. The summed E-state index contributed by atoms with van der Waals surface area (Å²) in [6.07, 6.45) is 2.68. The second-order valence-corrected chi connectivity index (χ2v) is 5.13. The Labute approximate surface area is 123 Å². The summed E-state index contributed by atoms with van der Waals surface area (Å²) in [5, 5.41) is 11.9. The van der Waals surface area contributed by atoms with Crippen molar-refractivity contribution < 1.29 is 19.4 Å². The van der Waals surface area contributed by atoms with Gasteiger partial charge in [0.15, 0.2) is 0 Å². The predicted molar refractivity (Wildman–Crippen MR) is 78.4 cm³/mol. The zero-order valence-electron chi connectivity index (χ0n) is 12.0. The van der Waals surface area contributed by atoms with E-state index < -0.39 is 5.97 Å². The van der Waals surface area contributed by atoms with Crippen molar-refractivity contribution in [1.82, 2.24) is 5.32 Å². The van der Waals surface area contributed by atoms with Crippen LogP contribution in [0.25, 0.3) is 0 Å². The molecule has 6 heteroatoms. The van der Waals surface area contributed by atoms with Gasteiger partial charge in [0.1, 0.15) is 6.54 Å². The van der Waals surface area contributed by atoms with Crippen LogP contribution in [0.5, 0.6) is 0 Å². The van der Waals surface area contributed by atoms with E-state index in [1.54, 1.807) is 31.4 Å². The Hall–Kier alpha value is -2.08. The third kappa shape index (κ3) is 4.19. The van der Waals surface area contributed by atoms with Crippen LogP contribution >= 0.6 is 0 Å². The van der Waals surface area contributed by atoms with Crippen molar-refractivity contribution in [3.05, 3.63) is 30.3 Å². The molecule has 0 spiro atoms. The van der Waals surface area contributed by atoms with Gasteiger partial charge in [-0.3, -0.25) is 9.69 Å². The van der Waals surface area contributed by atoms with E-state index in [2.05, 4.69) is 5.32 Å². The molecule has 1 aromatic rings. The van der Waals surface area contributed by atoms with E-state index in [-0.39, 0.29) is 24.7 Å². The number of benzene rings is 1. The van der Waals surface area contributed by atoms with Crippen LogP contribution in [0.3, 0.4) is 0 Å². The topological polar surface area (TPSA) is 78.9 Å². The van der Waals surface area contributed by atoms with Crippen molar-refractivity contribution in [2.45, 2.75) is 31.4 Å². The highest BCUT2D eigenvalue weighted by Crippen LogP contribution is 2.22. The molecule has 114 valence electrons. The van der Waals surface area contributed by atoms with E-state index in [0.717, 1.165) is 19.3 Å². The molecule has 1 aromatic carbocycles. The number of hydrogen-bond acceptors (Lipinski definition) is 3. The van der Waals surface area contributed by atoms with Gasteiger partial charge in [0.25, 0.3) is 0 Å². The Morgan fingerprint density at radius 3 is 2.62 bits per heavy atom. The predicted octanol–water partition coefficient (Wildman–Crippen LogP) is 1.85. The Balaban J connectivity index is 2.03. The number of carbonyl (C=O) groups is 2. The number of urea groups is 1. The van der Waals surface area contributed by atoms with Crippen LogP contribution in [0.15, 0.2) is 30.3 Å². The zero-order valence-corrected chi connectivity index (χ0v) is 12.0. The minimum atomic E-state index is -1.05. The molecule has 6 nitrogen and oxygen atoms in total. The van der Waals surface area contributed by atoms with Gasteiger partial charge in [-0.15, -0.1) is 0 Å². The normalized spacial score (nSPS) is 21.0. The number of nitrogens with one attached hydrogen (secondary N) is 1. The number of para-hydroxylation sites is 1. The number of anilines is 1. The summed E-state index contributed by atoms with van der Waals surface area (Å²) in [7, 11) is 1.66. The van der Waals surface area contributed by atoms with Crippen LogP contribution in [-0.2, 0) is 9.53 Å². The zero-order chi connectivity index (χ0) is 15.2. The van der Waals surface area contributed by atoms with Crippen molar-refractivity contribution in [3.8, 4) is 0 Å². The van der Waals surface area contributed by atoms with Gasteiger partial charge in [0.05, 0.1) is 6.10 Å². The molecular weight excluding hydrogens is 272 g/mol. The quantitative estimate of drug-likeness (QED) is 0.868. The summed E-state index contributed by atoms with van der Waals surface area (Å²) in [5.41, 5.74) is 0.568. The average Bonchev–Trinajstić information content (AvgIpc) is 2.93. The lowest BCUT2D eigenvalue weighted by atomic mass is 10.2. The molecule has 2 unspecified atom stereocenters. The summed E-state index contributed by atoms with van der Waals surface area (Å²) >= 11 is 0. The smallest absolute Gasteiger partial charge is 0.323 e. The van der Waals surface area contributed by atoms with Crippen LogP contribution in [0.1, 0.15) is 19.3 Å². The SMILES string of the molecule is COC1CCC(NC(=O)N(CC(=O)O)c2ccccc2)C1. The fraction of sp³-hybridized carbons (Fsp3) is 0.467. The van der Waals surface area contributed by atoms with Crippen molar-refractivity contribution in [2.75, 3.05) is 18.6 Å². The highest BCUT2D eigenvalue weighted by Gasteiger charge is 2.28. The van der Waals surface area contributed by atoms with Crippen molar-refractivity contribution in [2.24, 2.45) is 0 Å². The molecule has 2 atom stereocenters. The van der Waals surface area contributed by atoms with Crippen LogP contribution in [0.2, 0.25) is 0 Å². The molecule has 1 saturated carbocycles. The average molecular weight is 292 g/mol. The van der Waals surface area contributed by atoms with E-state index in [9.17, 15) is 9.59 Å². The van der Waals surface area contributed by atoms with Crippen LogP contribution in [0, 0.1) is 0 Å². The molecule has 21 heavy (non-hydrogen) atoms. The molecule has 1 aliphatic carbocycles. The Kier molecular flexibility index (Phi) is 5.16. The highest BCUT2D eigenvalue weighted by molar-refractivity contribution is 5.96. The van der Waals surface area contributed by atoms with E-state index in [4.69, 9.17) is 9.84 Å². The minimum Gasteiger partial charge on any atom is -0.480 e. The van der Waals surface area contributed by atoms with Crippen LogP contribution in [0.4, 0.5) is 10.5 Å². The molecule has 2 N–H and O–H groups in total. The van der Waals surface area contributed by atoms with Gasteiger partial charge in [-0.05, 0) is 31.4 Å². The van der Waals surface area contributed by atoms with E-state index >= 15 is 0 Å². The summed E-state index contributed by atoms with van der Waals surface area (Å²) in [4.78, 5) is 24.6. The molecule has 0 aliphatic heterocycles. The van der Waals surface area contributed by atoms with Crippen LogP contribution < -0.4 is 10.2 Å². The van der Waals surface area contributed by atoms with Crippen molar-refractivity contribution in [3.63, 3.8) is 0 Å². The van der Waals surface area contributed by atoms with E-state index in [1.165, 1.54) is 4.90 Å². The van der Waals surface area contributed by atoms with Gasteiger partial charge in [-0.25, -0.2) is 4.79 Å². The number of hydrogen-bond donors (Lipinski definition) is 2. The summed E-state index contributed by atoms with van der Waals surface area (Å²) < 4.78 is 5.27. The number of aliphatic carboxylic acids is 1. The van der Waals surface area contributed by atoms with Gasteiger partial charge in [0, 0.05) is 18.8 Å². The van der Waals surface area contributed by atoms with Gasteiger partial charge in [-0.2, -0.15) is 0 Å². The summed E-state index contributed by atoms with van der Waals surface area (Å²) in [5.74, 6) is -1.05. The Bertz CT molecular complexity index is 492. The maximum atomic E-state index is 12.3. The van der Waals surface area contributed by atoms with E-state index in [1.807, 2.05) is 6.07 Å². The maximum absolute atomic E-state index is 12.3. The molecule has 0 heterocycles. The first-order chi connectivity index (χ1) is 10.1. The lowest BCUT2D eigenvalue weighted by molar-refractivity contribution is -0.135. The number of rotatable bonds is 5. The minimum absolute atomic E-state index is 0.0301. The first-order valence-corrected chi connectivity index (χ1v) is 6.98. The number of methoxy groups -OCH3 is 1. The molecule has 2 rings (SSSR count). The Morgan fingerprint density at radius 1 is 1.33 bits per heavy atom. The number of nitrogens with zero attached hydrogens (tertiary/aromatic N) is 1. The first kappa shape index (κ1) is 15.3. The fourth-order valence-corrected chi connectivity index (χ4v) is 2.56. The number of carbonyl (C=O) groups excluding carboxylic acids is 1. The van der Waals surface area contributed by atoms with Crippen molar-refractivity contribution in [1.29, 1.82) is 0 Å². The maximum Gasteiger partial charge on any atom is 0.323 e. The van der Waals surface area contributed by atoms with Gasteiger partial charge in [-0.1, -0.05) is 18.2 Å². The third-order valence-electron chi connectivity index (χ3n) is 3.65. The highest BCUT2D eigenvalue weighted by atomic mass is 16.5.